The summed E-state index contributed by atoms with van der Waals surface area (Å²) in [6, 6.07) is 8.69. The zero-order valence-corrected chi connectivity index (χ0v) is 7.37. The van der Waals surface area contributed by atoms with Crippen molar-refractivity contribution in [1.82, 2.24) is 4.57 Å². The molecule has 0 aliphatic rings. The Balaban J connectivity index is 2.52. The number of benzene rings is 1. The number of hydrogen-bond donors (Lipinski definition) is 0. The van der Waals surface area contributed by atoms with Crippen LogP contribution in [0.4, 0.5) is 4.39 Å². The first-order chi connectivity index (χ1) is 6.27. The molecule has 0 spiro atoms. The molecule has 1 nitrogen and oxygen atoms in total. The van der Waals surface area contributed by atoms with E-state index >= 15 is 0 Å². The number of nitrogens with zero attached hydrogens (tertiary/aromatic N) is 1. The zero-order valence-electron chi connectivity index (χ0n) is 7.37. The van der Waals surface area contributed by atoms with E-state index in [4.69, 9.17) is 0 Å². The van der Waals surface area contributed by atoms with Gasteiger partial charge in [0.15, 0.2) is 0 Å². The van der Waals surface area contributed by atoms with Gasteiger partial charge in [-0.25, -0.2) is 4.39 Å². The van der Waals surface area contributed by atoms with Crippen LogP contribution >= 0.6 is 0 Å². The molecule has 0 amide bonds. The highest BCUT2D eigenvalue weighted by Crippen LogP contribution is 2.21. The van der Waals surface area contributed by atoms with Crippen LogP contribution in [-0.2, 0) is 7.05 Å². The van der Waals surface area contributed by atoms with E-state index in [2.05, 4.69) is 0 Å². The Morgan fingerprint density at radius 2 is 1.92 bits per heavy atom. The summed E-state index contributed by atoms with van der Waals surface area (Å²) in [4.78, 5) is 0. The molecule has 0 saturated carbocycles. The number of aryl methyl sites for hydroxylation is 1. The maximum absolute atomic E-state index is 13.3. The van der Waals surface area contributed by atoms with Crippen molar-refractivity contribution in [2.45, 2.75) is 0 Å². The van der Waals surface area contributed by atoms with Gasteiger partial charge < -0.3 is 4.57 Å². The minimum atomic E-state index is -0.172. The van der Waals surface area contributed by atoms with E-state index in [1.165, 1.54) is 6.07 Å². The summed E-state index contributed by atoms with van der Waals surface area (Å²) < 4.78 is 15.2. The molecule has 0 atom stereocenters. The molecule has 2 rings (SSSR count). The van der Waals surface area contributed by atoms with Gasteiger partial charge in [0.1, 0.15) is 5.82 Å². The van der Waals surface area contributed by atoms with Crippen LogP contribution in [0.2, 0.25) is 0 Å². The summed E-state index contributed by atoms with van der Waals surface area (Å²) in [5.41, 5.74) is 1.57. The van der Waals surface area contributed by atoms with Gasteiger partial charge in [-0.15, -0.1) is 0 Å². The number of halogens is 1. The summed E-state index contributed by atoms with van der Waals surface area (Å²) in [6.45, 7) is 0. The van der Waals surface area contributed by atoms with Gasteiger partial charge in [-0.3, -0.25) is 0 Å². The Morgan fingerprint density at radius 3 is 2.54 bits per heavy atom. The Labute approximate surface area is 76.4 Å². The molecule has 0 saturated heterocycles. The lowest BCUT2D eigenvalue weighted by Gasteiger charge is -1.98. The number of hydrogen-bond acceptors (Lipinski definition) is 0. The summed E-state index contributed by atoms with van der Waals surface area (Å²) >= 11 is 0. The summed E-state index contributed by atoms with van der Waals surface area (Å²) in [6.07, 6.45) is 3.81. The van der Waals surface area contributed by atoms with Crippen molar-refractivity contribution in [3.8, 4) is 11.1 Å². The Kier molecular flexibility index (Phi) is 1.89. The third-order valence-electron chi connectivity index (χ3n) is 2.02. The smallest absolute Gasteiger partial charge is 0.131 e. The number of rotatable bonds is 1. The Morgan fingerprint density at radius 1 is 1.15 bits per heavy atom. The van der Waals surface area contributed by atoms with Crippen LogP contribution in [0, 0.1) is 5.82 Å². The lowest BCUT2D eigenvalue weighted by molar-refractivity contribution is 0.631. The van der Waals surface area contributed by atoms with Crippen LogP contribution in [-0.4, -0.2) is 4.57 Å². The highest BCUT2D eigenvalue weighted by Gasteiger charge is 2.03. The molecule has 0 bridgehead atoms. The first kappa shape index (κ1) is 8.05. The van der Waals surface area contributed by atoms with Gasteiger partial charge in [0, 0.05) is 30.6 Å². The standard InChI is InChI=1S/C11H10FN/c1-13-7-6-9(8-13)10-4-2-3-5-11(10)12/h2-8H,1H3. The molecule has 1 aromatic carbocycles. The van der Waals surface area contributed by atoms with Gasteiger partial charge in [-0.05, 0) is 12.1 Å². The van der Waals surface area contributed by atoms with E-state index < -0.39 is 0 Å². The normalized spacial score (nSPS) is 10.3. The fourth-order valence-corrected chi connectivity index (χ4v) is 1.36. The second-order valence-electron chi connectivity index (χ2n) is 3.05. The van der Waals surface area contributed by atoms with Gasteiger partial charge in [0.2, 0.25) is 0 Å². The third-order valence-corrected chi connectivity index (χ3v) is 2.02. The van der Waals surface area contributed by atoms with Crippen molar-refractivity contribution in [3.63, 3.8) is 0 Å². The molecule has 0 unspecified atom stereocenters. The molecule has 2 heteroatoms. The molecule has 1 aromatic heterocycles. The van der Waals surface area contributed by atoms with Crippen molar-refractivity contribution >= 4 is 0 Å². The first-order valence-electron chi connectivity index (χ1n) is 4.14. The van der Waals surface area contributed by atoms with Gasteiger partial charge >= 0.3 is 0 Å². The van der Waals surface area contributed by atoms with E-state index in [1.807, 2.05) is 36.1 Å². The molecule has 13 heavy (non-hydrogen) atoms. The molecule has 0 N–H and O–H groups in total. The van der Waals surface area contributed by atoms with Crippen LogP contribution in [0.15, 0.2) is 42.7 Å². The molecule has 0 radical (unpaired) electrons. The molecule has 0 fully saturated rings. The monoisotopic (exact) mass is 175 g/mol. The quantitative estimate of drug-likeness (QED) is 0.628. The molecule has 66 valence electrons. The van der Waals surface area contributed by atoms with E-state index in [9.17, 15) is 4.39 Å². The van der Waals surface area contributed by atoms with Gasteiger partial charge in [-0.1, -0.05) is 18.2 Å². The predicted molar refractivity (Wildman–Crippen MR) is 50.8 cm³/mol. The summed E-state index contributed by atoms with van der Waals surface area (Å²) in [5.74, 6) is -0.172. The zero-order chi connectivity index (χ0) is 9.26. The molecular formula is C11H10FN. The van der Waals surface area contributed by atoms with Gasteiger partial charge in [0.05, 0.1) is 0 Å². The van der Waals surface area contributed by atoms with Crippen LogP contribution < -0.4 is 0 Å². The number of aromatic nitrogens is 1. The van der Waals surface area contributed by atoms with E-state index in [1.54, 1.807) is 12.1 Å². The van der Waals surface area contributed by atoms with Crippen LogP contribution in [0.1, 0.15) is 0 Å². The van der Waals surface area contributed by atoms with Crippen molar-refractivity contribution in [1.29, 1.82) is 0 Å². The average Bonchev–Trinajstić information content (AvgIpc) is 2.53. The molecule has 1 heterocycles. The largest absolute Gasteiger partial charge is 0.357 e. The first-order valence-corrected chi connectivity index (χ1v) is 4.14. The fourth-order valence-electron chi connectivity index (χ4n) is 1.36. The van der Waals surface area contributed by atoms with Crippen molar-refractivity contribution in [2.24, 2.45) is 7.05 Å². The Bertz CT molecular complexity index is 418. The molecule has 0 aliphatic carbocycles. The third kappa shape index (κ3) is 1.47. The second kappa shape index (κ2) is 3.05. The Hall–Kier alpha value is -1.57. The average molecular weight is 175 g/mol. The highest BCUT2D eigenvalue weighted by atomic mass is 19.1. The lowest BCUT2D eigenvalue weighted by atomic mass is 10.1. The SMILES string of the molecule is Cn1ccc(-c2ccccc2F)c1. The van der Waals surface area contributed by atoms with Crippen LogP contribution in [0.3, 0.4) is 0 Å². The molecule has 2 aromatic rings. The minimum Gasteiger partial charge on any atom is -0.357 e. The summed E-state index contributed by atoms with van der Waals surface area (Å²) in [7, 11) is 1.92. The van der Waals surface area contributed by atoms with E-state index in [-0.39, 0.29) is 5.82 Å². The van der Waals surface area contributed by atoms with Crippen LogP contribution in [0.5, 0.6) is 0 Å². The van der Waals surface area contributed by atoms with Crippen molar-refractivity contribution in [2.75, 3.05) is 0 Å². The molecular weight excluding hydrogens is 165 g/mol. The van der Waals surface area contributed by atoms with Crippen molar-refractivity contribution < 1.29 is 4.39 Å². The van der Waals surface area contributed by atoms with Crippen molar-refractivity contribution in [3.05, 3.63) is 48.5 Å². The van der Waals surface area contributed by atoms with Gasteiger partial charge in [-0.2, -0.15) is 0 Å². The van der Waals surface area contributed by atoms with Crippen LogP contribution in [0.25, 0.3) is 11.1 Å². The summed E-state index contributed by atoms with van der Waals surface area (Å²) in [5, 5.41) is 0. The minimum absolute atomic E-state index is 0.172. The highest BCUT2D eigenvalue weighted by molar-refractivity contribution is 5.63. The van der Waals surface area contributed by atoms with E-state index in [0.29, 0.717) is 5.56 Å². The van der Waals surface area contributed by atoms with E-state index in [0.717, 1.165) is 5.56 Å². The fraction of sp³-hybridized carbons (Fsp3) is 0.0909. The van der Waals surface area contributed by atoms with Gasteiger partial charge in [0.25, 0.3) is 0 Å². The lowest BCUT2D eigenvalue weighted by Crippen LogP contribution is -1.82. The maximum Gasteiger partial charge on any atom is 0.131 e. The topological polar surface area (TPSA) is 4.93 Å². The second-order valence-corrected chi connectivity index (χ2v) is 3.05. The molecule has 0 aliphatic heterocycles. The predicted octanol–water partition coefficient (Wildman–Crippen LogP) is 2.83. The maximum atomic E-state index is 13.3.